The third kappa shape index (κ3) is 1.42. The van der Waals surface area contributed by atoms with Crippen LogP contribution in [-0.2, 0) is 11.3 Å². The van der Waals surface area contributed by atoms with E-state index in [-0.39, 0.29) is 0 Å². The number of nitrogens with two attached hydrogens (primary N) is 1. The first-order valence-electron chi connectivity index (χ1n) is 8.27. The normalized spacial score (nSPS) is 46.7. The molecule has 1 aromatic carbocycles. The van der Waals surface area contributed by atoms with Gasteiger partial charge in [0.15, 0.2) is 0 Å². The zero-order valence-corrected chi connectivity index (χ0v) is 13.7. The highest BCUT2D eigenvalue weighted by Gasteiger charge is 2.81. The number of anilines is 1. The Labute approximate surface area is 128 Å². The molecule has 3 aliphatic carbocycles. The first-order valence-corrected chi connectivity index (χ1v) is 8.27. The van der Waals surface area contributed by atoms with Crippen LogP contribution in [0.1, 0.15) is 51.2 Å². The van der Waals surface area contributed by atoms with Crippen molar-refractivity contribution >= 4 is 5.69 Å². The van der Waals surface area contributed by atoms with Gasteiger partial charge in [0.2, 0.25) is 0 Å². The van der Waals surface area contributed by atoms with Gasteiger partial charge in [-0.2, -0.15) is 0 Å². The second-order valence-corrected chi connectivity index (χ2v) is 8.48. The highest BCUT2D eigenvalue weighted by molar-refractivity contribution is 5.47. The molecule has 0 bridgehead atoms. The molecule has 114 valence electrons. The predicted molar refractivity (Wildman–Crippen MR) is 85.8 cm³/mol. The molecule has 2 heteroatoms. The van der Waals surface area contributed by atoms with Crippen LogP contribution in [0, 0.1) is 29.1 Å². The lowest BCUT2D eigenvalue weighted by Gasteiger charge is -2.76. The molecule has 4 rings (SSSR count). The van der Waals surface area contributed by atoms with Crippen LogP contribution in [0.4, 0.5) is 5.69 Å². The van der Waals surface area contributed by atoms with Crippen molar-refractivity contribution in [1.82, 2.24) is 0 Å². The molecule has 21 heavy (non-hydrogen) atoms. The molecule has 3 saturated carbocycles. The van der Waals surface area contributed by atoms with Gasteiger partial charge in [0.05, 0.1) is 12.7 Å². The summed E-state index contributed by atoms with van der Waals surface area (Å²) in [6.45, 7) is 10.3. The van der Waals surface area contributed by atoms with E-state index in [1.807, 2.05) is 6.07 Å². The van der Waals surface area contributed by atoms with Gasteiger partial charge in [-0.15, -0.1) is 0 Å². The van der Waals surface area contributed by atoms with Gasteiger partial charge in [-0.05, 0) is 60.1 Å². The van der Waals surface area contributed by atoms with E-state index in [0.717, 1.165) is 23.8 Å². The summed E-state index contributed by atoms with van der Waals surface area (Å²) >= 11 is 0. The summed E-state index contributed by atoms with van der Waals surface area (Å²) in [5.74, 6) is 0.888. The topological polar surface area (TPSA) is 35.2 Å². The maximum absolute atomic E-state index is 6.39. The smallest absolute Gasteiger partial charge is 0.0721 e. The van der Waals surface area contributed by atoms with Gasteiger partial charge in [0.1, 0.15) is 0 Å². The van der Waals surface area contributed by atoms with Crippen molar-refractivity contribution in [2.75, 3.05) is 5.73 Å². The van der Waals surface area contributed by atoms with Gasteiger partial charge in [-0.1, -0.05) is 32.9 Å². The Hall–Kier alpha value is -1.02. The van der Waals surface area contributed by atoms with Gasteiger partial charge in [0, 0.05) is 11.1 Å². The fraction of sp³-hybridized carbons (Fsp3) is 0.684. The van der Waals surface area contributed by atoms with Crippen LogP contribution in [0.5, 0.6) is 0 Å². The molecule has 3 fully saturated rings. The van der Waals surface area contributed by atoms with E-state index in [1.165, 1.54) is 24.8 Å². The van der Waals surface area contributed by atoms with E-state index in [0.29, 0.717) is 22.3 Å². The number of ether oxygens (including phenoxy) is 1. The standard InChI is InChI=1S/C19H27NO/c1-12-7-13(5-6-15(12)20)10-21-16-8-14-9-17(2)11-18(16,3)19(14,17)4/h5-7,14,16H,8-11,20H2,1-4H3. The number of hydrogen-bond acceptors (Lipinski definition) is 2. The number of aryl methyl sites for hydroxylation is 1. The number of hydrogen-bond donors (Lipinski definition) is 1. The van der Waals surface area contributed by atoms with E-state index in [4.69, 9.17) is 10.5 Å². The molecule has 0 saturated heterocycles. The molecule has 0 amide bonds. The average Bonchev–Trinajstić information content (AvgIpc) is 2.54. The lowest BCUT2D eigenvalue weighted by Crippen LogP contribution is -2.70. The molecular formula is C19H27NO. The van der Waals surface area contributed by atoms with Crippen LogP contribution in [0.2, 0.25) is 0 Å². The monoisotopic (exact) mass is 285 g/mol. The molecule has 0 aromatic heterocycles. The first-order chi connectivity index (χ1) is 9.80. The zero-order valence-electron chi connectivity index (χ0n) is 13.7. The van der Waals surface area contributed by atoms with E-state index < -0.39 is 0 Å². The van der Waals surface area contributed by atoms with Crippen molar-refractivity contribution < 1.29 is 4.74 Å². The molecule has 5 unspecified atom stereocenters. The van der Waals surface area contributed by atoms with Crippen LogP contribution in [0.3, 0.4) is 0 Å². The third-order valence-electron chi connectivity index (χ3n) is 7.71. The second-order valence-electron chi connectivity index (χ2n) is 8.48. The molecule has 0 radical (unpaired) electrons. The van der Waals surface area contributed by atoms with Crippen LogP contribution in [0.25, 0.3) is 0 Å². The molecule has 2 nitrogen and oxygen atoms in total. The third-order valence-corrected chi connectivity index (χ3v) is 7.71. The van der Waals surface area contributed by atoms with Crippen molar-refractivity contribution in [2.45, 2.75) is 59.7 Å². The van der Waals surface area contributed by atoms with Crippen molar-refractivity contribution in [2.24, 2.45) is 22.2 Å². The number of rotatable bonds is 3. The lowest BCUT2D eigenvalue weighted by atomic mass is 9.28. The zero-order chi connectivity index (χ0) is 15.0. The first kappa shape index (κ1) is 13.6. The van der Waals surface area contributed by atoms with E-state index in [2.05, 4.69) is 39.8 Å². The SMILES string of the molecule is Cc1cc(COC2CC3CC4(C)CC2(C)C34C)ccc1N. The van der Waals surface area contributed by atoms with Gasteiger partial charge in [0.25, 0.3) is 0 Å². The van der Waals surface area contributed by atoms with E-state index >= 15 is 0 Å². The fourth-order valence-electron chi connectivity index (χ4n) is 6.18. The molecular weight excluding hydrogens is 258 g/mol. The summed E-state index contributed by atoms with van der Waals surface area (Å²) < 4.78 is 6.39. The molecule has 0 heterocycles. The number of nitrogen functional groups attached to an aromatic ring is 1. The second kappa shape index (κ2) is 3.84. The highest BCUT2D eigenvalue weighted by Crippen LogP contribution is 2.86. The Balaban J connectivity index is 1.48. The minimum absolute atomic E-state index is 0.396. The highest BCUT2D eigenvalue weighted by atomic mass is 16.5. The maximum atomic E-state index is 6.39. The van der Waals surface area contributed by atoms with Crippen LogP contribution >= 0.6 is 0 Å². The van der Waals surface area contributed by atoms with E-state index in [9.17, 15) is 0 Å². The molecule has 0 spiro atoms. The Kier molecular flexibility index (Phi) is 2.49. The summed E-state index contributed by atoms with van der Waals surface area (Å²) in [7, 11) is 0. The summed E-state index contributed by atoms with van der Waals surface area (Å²) in [5.41, 5.74) is 10.7. The van der Waals surface area contributed by atoms with Crippen LogP contribution < -0.4 is 5.73 Å². The van der Waals surface area contributed by atoms with Crippen LogP contribution in [0.15, 0.2) is 18.2 Å². The Morgan fingerprint density at radius 1 is 1.29 bits per heavy atom. The molecule has 2 N–H and O–H groups in total. The van der Waals surface area contributed by atoms with Crippen molar-refractivity contribution in [3.63, 3.8) is 0 Å². The summed E-state index contributed by atoms with van der Waals surface area (Å²) in [6, 6.07) is 6.25. The van der Waals surface area contributed by atoms with Crippen molar-refractivity contribution in [3.8, 4) is 0 Å². The van der Waals surface area contributed by atoms with Gasteiger partial charge < -0.3 is 10.5 Å². The Morgan fingerprint density at radius 2 is 2.05 bits per heavy atom. The molecule has 3 aliphatic rings. The van der Waals surface area contributed by atoms with Gasteiger partial charge in [-0.25, -0.2) is 0 Å². The maximum Gasteiger partial charge on any atom is 0.0721 e. The van der Waals surface area contributed by atoms with Crippen molar-refractivity contribution in [3.05, 3.63) is 29.3 Å². The largest absolute Gasteiger partial charge is 0.399 e. The Morgan fingerprint density at radius 3 is 2.67 bits per heavy atom. The van der Waals surface area contributed by atoms with Crippen molar-refractivity contribution in [1.29, 1.82) is 0 Å². The average molecular weight is 285 g/mol. The van der Waals surface area contributed by atoms with Gasteiger partial charge in [-0.3, -0.25) is 0 Å². The minimum atomic E-state index is 0.396. The fourth-order valence-corrected chi connectivity index (χ4v) is 6.18. The number of benzene rings is 1. The lowest BCUT2D eigenvalue weighted by molar-refractivity contribution is -0.290. The quantitative estimate of drug-likeness (QED) is 0.840. The van der Waals surface area contributed by atoms with Gasteiger partial charge >= 0.3 is 0 Å². The summed E-state index contributed by atoms with van der Waals surface area (Å²) in [4.78, 5) is 0. The summed E-state index contributed by atoms with van der Waals surface area (Å²) in [5, 5.41) is 0. The molecule has 1 aromatic rings. The minimum Gasteiger partial charge on any atom is -0.399 e. The Bertz CT molecular complexity index is 612. The van der Waals surface area contributed by atoms with E-state index in [1.54, 1.807) is 0 Å². The molecule has 0 aliphatic heterocycles. The van der Waals surface area contributed by atoms with Crippen LogP contribution in [-0.4, -0.2) is 6.10 Å². The summed E-state index contributed by atoms with van der Waals surface area (Å²) in [6.07, 6.45) is 4.45. The predicted octanol–water partition coefficient (Wildman–Crippen LogP) is 4.31. The molecule has 5 atom stereocenters.